The highest BCUT2D eigenvalue weighted by Crippen LogP contribution is 2.33. The summed E-state index contributed by atoms with van der Waals surface area (Å²) >= 11 is 0. The maximum Gasteiger partial charge on any atom is 0.169 e. The molecule has 4 nitrogen and oxygen atoms in total. The molecule has 0 bridgehead atoms. The standard InChI is InChI=1S/C31H32O4/c1-32-27-16-11-23(12-17-27)8-10-26-15-20-30(34-3)31(22-26)35-28-18-13-24(14-19-28)7-9-25-5-4-6-29(21-25)33-2/h4-6,11-22H,7-10H2,1-3H3. The van der Waals surface area contributed by atoms with Gasteiger partial charge in [-0.1, -0.05) is 42.5 Å². The van der Waals surface area contributed by atoms with Gasteiger partial charge in [-0.25, -0.2) is 0 Å². The van der Waals surface area contributed by atoms with Gasteiger partial charge in [-0.3, -0.25) is 0 Å². The molecule has 0 aliphatic heterocycles. The Kier molecular flexibility index (Phi) is 8.29. The van der Waals surface area contributed by atoms with Crippen LogP contribution in [0.4, 0.5) is 0 Å². The van der Waals surface area contributed by atoms with Crippen molar-refractivity contribution in [1.29, 1.82) is 0 Å². The maximum absolute atomic E-state index is 6.21. The van der Waals surface area contributed by atoms with Gasteiger partial charge in [0.15, 0.2) is 11.5 Å². The van der Waals surface area contributed by atoms with Gasteiger partial charge in [0.25, 0.3) is 0 Å². The average molecular weight is 469 g/mol. The minimum atomic E-state index is 0.722. The Morgan fingerprint density at radius 2 is 0.971 bits per heavy atom. The molecule has 0 fully saturated rings. The van der Waals surface area contributed by atoms with Crippen molar-refractivity contribution in [2.45, 2.75) is 25.7 Å². The second-order valence-corrected chi connectivity index (χ2v) is 8.43. The van der Waals surface area contributed by atoms with Gasteiger partial charge in [0.05, 0.1) is 21.3 Å². The van der Waals surface area contributed by atoms with Gasteiger partial charge in [-0.2, -0.15) is 0 Å². The molecule has 4 aromatic rings. The Balaban J connectivity index is 1.38. The topological polar surface area (TPSA) is 36.9 Å². The normalized spacial score (nSPS) is 10.6. The Bertz CT molecular complexity index is 1210. The van der Waals surface area contributed by atoms with Crippen LogP contribution in [0.25, 0.3) is 0 Å². The quantitative estimate of drug-likeness (QED) is 0.236. The van der Waals surface area contributed by atoms with Crippen LogP contribution >= 0.6 is 0 Å². The molecule has 0 radical (unpaired) electrons. The molecule has 0 aliphatic carbocycles. The van der Waals surface area contributed by atoms with Crippen LogP contribution in [0.2, 0.25) is 0 Å². The van der Waals surface area contributed by atoms with Crippen LogP contribution in [0.5, 0.6) is 28.7 Å². The lowest BCUT2D eigenvalue weighted by Crippen LogP contribution is -1.96. The second kappa shape index (κ2) is 12.0. The Labute approximate surface area is 208 Å². The van der Waals surface area contributed by atoms with Gasteiger partial charge < -0.3 is 18.9 Å². The molecule has 4 aromatic carbocycles. The van der Waals surface area contributed by atoms with Crippen molar-refractivity contribution < 1.29 is 18.9 Å². The summed E-state index contributed by atoms with van der Waals surface area (Å²) in [5.41, 5.74) is 5.00. The fourth-order valence-electron chi connectivity index (χ4n) is 4.01. The maximum atomic E-state index is 6.21. The van der Waals surface area contributed by atoms with Crippen LogP contribution < -0.4 is 18.9 Å². The van der Waals surface area contributed by atoms with E-state index in [0.29, 0.717) is 0 Å². The molecule has 0 unspecified atom stereocenters. The third kappa shape index (κ3) is 6.80. The number of hydrogen-bond donors (Lipinski definition) is 0. The summed E-state index contributed by atoms with van der Waals surface area (Å²) in [6.45, 7) is 0. The molecule has 180 valence electrons. The molecule has 4 heteroatoms. The second-order valence-electron chi connectivity index (χ2n) is 8.43. The van der Waals surface area contributed by atoms with Gasteiger partial charge in [-0.15, -0.1) is 0 Å². The zero-order valence-electron chi connectivity index (χ0n) is 20.6. The van der Waals surface area contributed by atoms with E-state index in [0.717, 1.165) is 54.4 Å². The first-order valence-electron chi connectivity index (χ1n) is 11.9. The highest BCUT2D eigenvalue weighted by molar-refractivity contribution is 5.46. The van der Waals surface area contributed by atoms with Crippen molar-refractivity contribution >= 4 is 0 Å². The number of benzene rings is 4. The molecule has 0 saturated carbocycles. The minimum absolute atomic E-state index is 0.722. The summed E-state index contributed by atoms with van der Waals surface area (Å²) in [5.74, 6) is 4.01. The van der Waals surface area contributed by atoms with E-state index in [-0.39, 0.29) is 0 Å². The molecule has 0 atom stereocenters. The Morgan fingerprint density at radius 1 is 0.429 bits per heavy atom. The van der Waals surface area contributed by atoms with Crippen molar-refractivity contribution in [3.05, 3.63) is 113 Å². The fraction of sp³-hybridized carbons (Fsp3) is 0.226. The highest BCUT2D eigenvalue weighted by Gasteiger charge is 2.08. The van der Waals surface area contributed by atoms with Crippen molar-refractivity contribution in [3.63, 3.8) is 0 Å². The molecule has 0 spiro atoms. The summed E-state index contributed by atoms with van der Waals surface area (Å²) < 4.78 is 22.3. The van der Waals surface area contributed by atoms with E-state index >= 15 is 0 Å². The first-order chi connectivity index (χ1) is 17.2. The predicted molar refractivity (Wildman–Crippen MR) is 140 cm³/mol. The molecular weight excluding hydrogens is 436 g/mol. The van der Waals surface area contributed by atoms with Crippen molar-refractivity contribution in [2.24, 2.45) is 0 Å². The average Bonchev–Trinajstić information content (AvgIpc) is 2.92. The third-order valence-electron chi connectivity index (χ3n) is 6.08. The van der Waals surface area contributed by atoms with Crippen LogP contribution in [0.1, 0.15) is 22.3 Å². The predicted octanol–water partition coefficient (Wildman–Crippen LogP) is 7.08. The largest absolute Gasteiger partial charge is 0.497 e. The molecule has 0 saturated heterocycles. The number of aryl methyl sites for hydroxylation is 4. The highest BCUT2D eigenvalue weighted by atomic mass is 16.5. The van der Waals surface area contributed by atoms with Gasteiger partial charge in [-0.05, 0) is 96.5 Å². The van der Waals surface area contributed by atoms with E-state index in [1.165, 1.54) is 22.3 Å². The molecule has 0 aromatic heterocycles. The van der Waals surface area contributed by atoms with Crippen LogP contribution in [0.15, 0.2) is 91.0 Å². The Hall–Kier alpha value is -3.92. The van der Waals surface area contributed by atoms with E-state index in [9.17, 15) is 0 Å². The van der Waals surface area contributed by atoms with E-state index in [1.807, 2.05) is 42.5 Å². The SMILES string of the molecule is COc1ccc(CCc2ccc(OC)c(Oc3ccc(CCc4cccc(OC)c4)cc3)c2)cc1. The summed E-state index contributed by atoms with van der Waals surface area (Å²) in [6.07, 6.45) is 3.77. The molecule has 0 N–H and O–H groups in total. The van der Waals surface area contributed by atoms with Crippen LogP contribution in [-0.2, 0) is 25.7 Å². The van der Waals surface area contributed by atoms with Gasteiger partial charge in [0, 0.05) is 0 Å². The molecule has 0 heterocycles. The zero-order chi connectivity index (χ0) is 24.5. The number of hydrogen-bond acceptors (Lipinski definition) is 4. The number of rotatable bonds is 11. The summed E-state index contributed by atoms with van der Waals surface area (Å²) in [5, 5.41) is 0. The fourth-order valence-corrected chi connectivity index (χ4v) is 4.01. The lowest BCUT2D eigenvalue weighted by atomic mass is 10.0. The number of methoxy groups -OCH3 is 3. The van der Waals surface area contributed by atoms with Crippen molar-refractivity contribution in [3.8, 4) is 28.7 Å². The Morgan fingerprint density at radius 3 is 1.57 bits per heavy atom. The molecule has 4 rings (SSSR count). The van der Waals surface area contributed by atoms with E-state index in [4.69, 9.17) is 18.9 Å². The molecule has 0 aliphatic rings. The first kappa shape index (κ1) is 24.2. The van der Waals surface area contributed by atoms with E-state index in [1.54, 1.807) is 21.3 Å². The smallest absolute Gasteiger partial charge is 0.169 e. The van der Waals surface area contributed by atoms with E-state index in [2.05, 4.69) is 48.5 Å². The van der Waals surface area contributed by atoms with Crippen LogP contribution in [-0.4, -0.2) is 21.3 Å². The van der Waals surface area contributed by atoms with E-state index < -0.39 is 0 Å². The van der Waals surface area contributed by atoms with Crippen LogP contribution in [0.3, 0.4) is 0 Å². The molecule has 35 heavy (non-hydrogen) atoms. The van der Waals surface area contributed by atoms with Crippen molar-refractivity contribution in [1.82, 2.24) is 0 Å². The lowest BCUT2D eigenvalue weighted by Gasteiger charge is -2.13. The first-order valence-corrected chi connectivity index (χ1v) is 11.9. The molecular formula is C31H32O4. The van der Waals surface area contributed by atoms with Crippen LogP contribution in [0, 0.1) is 0 Å². The summed E-state index contributed by atoms with van der Waals surface area (Å²) in [4.78, 5) is 0. The number of ether oxygens (including phenoxy) is 4. The van der Waals surface area contributed by atoms with Gasteiger partial charge >= 0.3 is 0 Å². The third-order valence-corrected chi connectivity index (χ3v) is 6.08. The van der Waals surface area contributed by atoms with Gasteiger partial charge in [0.1, 0.15) is 17.2 Å². The zero-order valence-corrected chi connectivity index (χ0v) is 20.6. The van der Waals surface area contributed by atoms with Crippen molar-refractivity contribution in [2.75, 3.05) is 21.3 Å². The molecule has 0 amide bonds. The monoisotopic (exact) mass is 468 g/mol. The summed E-state index contributed by atoms with van der Waals surface area (Å²) in [6, 6.07) is 30.8. The summed E-state index contributed by atoms with van der Waals surface area (Å²) in [7, 11) is 5.05. The lowest BCUT2D eigenvalue weighted by molar-refractivity contribution is 0.378. The minimum Gasteiger partial charge on any atom is -0.497 e. The van der Waals surface area contributed by atoms with Gasteiger partial charge in [0.2, 0.25) is 0 Å².